The number of hydrogen-bond acceptors (Lipinski definition) is 5. The molecule has 1 atom stereocenters. The van der Waals surface area contributed by atoms with Crippen LogP contribution in [0.1, 0.15) is 30.8 Å². The summed E-state index contributed by atoms with van der Waals surface area (Å²) in [5.41, 5.74) is 0.314. The van der Waals surface area contributed by atoms with Gasteiger partial charge in [-0.05, 0) is 13.3 Å². The van der Waals surface area contributed by atoms with Gasteiger partial charge in [-0.3, -0.25) is 10.1 Å². The fourth-order valence-corrected chi connectivity index (χ4v) is 2.78. The minimum atomic E-state index is -0.787. The van der Waals surface area contributed by atoms with Crippen molar-refractivity contribution in [3.05, 3.63) is 10.6 Å². The zero-order valence-electron chi connectivity index (χ0n) is 11.0. The molecule has 0 radical (unpaired) electrons. The van der Waals surface area contributed by atoms with Crippen LogP contribution in [-0.2, 0) is 22.5 Å². The van der Waals surface area contributed by atoms with E-state index in [2.05, 4.69) is 15.6 Å². The molecule has 0 aliphatic carbocycles. The maximum atomic E-state index is 12.1. The van der Waals surface area contributed by atoms with Gasteiger partial charge in [0.25, 0.3) is 5.91 Å². The Bertz CT molecular complexity index is 417. The molecule has 1 amide bonds. The molecule has 2 heterocycles. The fourth-order valence-electron chi connectivity index (χ4n) is 1.81. The summed E-state index contributed by atoms with van der Waals surface area (Å²) in [7, 11) is 1.56. The molecule has 5 nitrogen and oxygen atoms in total. The zero-order valence-corrected chi connectivity index (χ0v) is 11.8. The molecule has 1 aromatic heterocycles. The molecule has 1 unspecified atom stereocenters. The number of fused-ring (bicyclic) bond motifs is 1. The Hall–Kier alpha value is -0.980. The van der Waals surface area contributed by atoms with E-state index >= 15 is 0 Å². The van der Waals surface area contributed by atoms with Gasteiger partial charge >= 0.3 is 0 Å². The SMILES string of the molecule is CCC(C)(OC)C(=O)Nc1nc2c(s1)CNCC2. The third kappa shape index (κ3) is 2.55. The first kappa shape index (κ1) is 13.5. The lowest BCUT2D eigenvalue weighted by Gasteiger charge is -2.24. The summed E-state index contributed by atoms with van der Waals surface area (Å²) in [4.78, 5) is 17.8. The Labute approximate surface area is 111 Å². The first-order valence-corrected chi connectivity index (χ1v) is 6.96. The van der Waals surface area contributed by atoms with Crippen molar-refractivity contribution < 1.29 is 9.53 Å². The Kier molecular flexibility index (Phi) is 3.99. The molecule has 18 heavy (non-hydrogen) atoms. The summed E-state index contributed by atoms with van der Waals surface area (Å²) in [5.74, 6) is -0.133. The summed E-state index contributed by atoms with van der Waals surface area (Å²) in [5, 5.41) is 6.82. The van der Waals surface area contributed by atoms with Crippen LogP contribution in [0.5, 0.6) is 0 Å². The van der Waals surface area contributed by atoms with Crippen LogP contribution < -0.4 is 10.6 Å². The first-order valence-electron chi connectivity index (χ1n) is 6.15. The second-order valence-corrected chi connectivity index (χ2v) is 5.64. The van der Waals surface area contributed by atoms with E-state index in [9.17, 15) is 4.79 Å². The van der Waals surface area contributed by atoms with Crippen molar-refractivity contribution in [1.82, 2.24) is 10.3 Å². The lowest BCUT2D eigenvalue weighted by atomic mass is 10.0. The van der Waals surface area contributed by atoms with E-state index in [-0.39, 0.29) is 5.91 Å². The summed E-state index contributed by atoms with van der Waals surface area (Å²) >= 11 is 1.54. The van der Waals surface area contributed by atoms with Gasteiger partial charge in [0.05, 0.1) is 5.69 Å². The van der Waals surface area contributed by atoms with Crippen LogP contribution in [0.15, 0.2) is 0 Å². The molecule has 0 bridgehead atoms. The van der Waals surface area contributed by atoms with E-state index < -0.39 is 5.60 Å². The number of nitrogens with one attached hydrogen (secondary N) is 2. The number of methoxy groups -OCH3 is 1. The molecule has 2 N–H and O–H groups in total. The van der Waals surface area contributed by atoms with E-state index in [1.54, 1.807) is 14.0 Å². The minimum Gasteiger partial charge on any atom is -0.369 e. The van der Waals surface area contributed by atoms with Gasteiger partial charge in [-0.1, -0.05) is 6.92 Å². The zero-order chi connectivity index (χ0) is 13.2. The minimum absolute atomic E-state index is 0.133. The highest BCUT2D eigenvalue weighted by molar-refractivity contribution is 7.15. The van der Waals surface area contributed by atoms with Gasteiger partial charge in [-0.25, -0.2) is 4.98 Å². The lowest BCUT2D eigenvalue weighted by molar-refractivity contribution is -0.136. The molecular weight excluding hydrogens is 250 g/mol. The number of anilines is 1. The van der Waals surface area contributed by atoms with Crippen LogP contribution in [0.3, 0.4) is 0 Å². The normalized spacial score (nSPS) is 17.9. The van der Waals surface area contributed by atoms with Crippen molar-refractivity contribution in [3.8, 4) is 0 Å². The van der Waals surface area contributed by atoms with Crippen LogP contribution in [0.2, 0.25) is 0 Å². The highest BCUT2D eigenvalue weighted by Crippen LogP contribution is 2.26. The van der Waals surface area contributed by atoms with Gasteiger partial charge in [-0.15, -0.1) is 11.3 Å². The van der Waals surface area contributed by atoms with Crippen molar-refractivity contribution in [3.63, 3.8) is 0 Å². The van der Waals surface area contributed by atoms with Crippen LogP contribution >= 0.6 is 11.3 Å². The van der Waals surface area contributed by atoms with Crippen molar-refractivity contribution in [2.75, 3.05) is 19.0 Å². The number of rotatable bonds is 4. The molecule has 0 spiro atoms. The number of carbonyl (C=O) groups excluding carboxylic acids is 1. The molecule has 1 aliphatic heterocycles. The molecule has 1 aliphatic rings. The number of carbonyl (C=O) groups is 1. The average Bonchev–Trinajstić information content (AvgIpc) is 2.79. The number of amides is 1. The highest BCUT2D eigenvalue weighted by Gasteiger charge is 2.31. The number of hydrogen-bond donors (Lipinski definition) is 2. The van der Waals surface area contributed by atoms with E-state index in [1.807, 2.05) is 6.92 Å². The van der Waals surface area contributed by atoms with Gasteiger partial charge in [-0.2, -0.15) is 0 Å². The van der Waals surface area contributed by atoms with Crippen molar-refractivity contribution >= 4 is 22.4 Å². The fraction of sp³-hybridized carbons (Fsp3) is 0.667. The van der Waals surface area contributed by atoms with Crippen LogP contribution in [0.4, 0.5) is 5.13 Å². The summed E-state index contributed by atoms with van der Waals surface area (Å²) in [6.45, 7) is 5.52. The smallest absolute Gasteiger partial charge is 0.258 e. The second-order valence-electron chi connectivity index (χ2n) is 4.56. The Morgan fingerprint density at radius 2 is 2.44 bits per heavy atom. The monoisotopic (exact) mass is 269 g/mol. The average molecular weight is 269 g/mol. The van der Waals surface area contributed by atoms with Gasteiger partial charge < -0.3 is 10.1 Å². The quantitative estimate of drug-likeness (QED) is 0.870. The van der Waals surface area contributed by atoms with Gasteiger partial charge in [0.2, 0.25) is 0 Å². The largest absolute Gasteiger partial charge is 0.369 e. The van der Waals surface area contributed by atoms with Gasteiger partial charge in [0.15, 0.2) is 5.13 Å². The third-order valence-corrected chi connectivity index (χ3v) is 4.44. The molecule has 0 aromatic carbocycles. The van der Waals surface area contributed by atoms with Crippen molar-refractivity contribution in [2.45, 2.75) is 38.8 Å². The predicted molar refractivity (Wildman–Crippen MR) is 71.9 cm³/mol. The van der Waals surface area contributed by atoms with Crippen molar-refractivity contribution in [2.24, 2.45) is 0 Å². The van der Waals surface area contributed by atoms with Gasteiger partial charge in [0.1, 0.15) is 5.60 Å². The summed E-state index contributed by atoms with van der Waals surface area (Å²) in [6.07, 6.45) is 1.55. The summed E-state index contributed by atoms with van der Waals surface area (Å²) in [6, 6.07) is 0. The van der Waals surface area contributed by atoms with Crippen LogP contribution in [0.25, 0.3) is 0 Å². The summed E-state index contributed by atoms with van der Waals surface area (Å²) < 4.78 is 5.28. The first-order chi connectivity index (χ1) is 8.59. The second kappa shape index (κ2) is 5.34. The number of nitrogens with zero attached hydrogens (tertiary/aromatic N) is 1. The van der Waals surface area contributed by atoms with E-state index in [1.165, 1.54) is 16.2 Å². The molecule has 0 fully saturated rings. The molecule has 0 saturated carbocycles. The van der Waals surface area contributed by atoms with E-state index in [0.29, 0.717) is 11.6 Å². The number of aromatic nitrogens is 1. The molecule has 100 valence electrons. The number of thiazole rings is 1. The molecular formula is C12H19N3O2S. The maximum absolute atomic E-state index is 12.1. The molecule has 6 heteroatoms. The topological polar surface area (TPSA) is 63.2 Å². The Balaban J connectivity index is 2.09. The highest BCUT2D eigenvalue weighted by atomic mass is 32.1. The van der Waals surface area contributed by atoms with Gasteiger partial charge in [0, 0.05) is 31.5 Å². The third-order valence-electron chi connectivity index (χ3n) is 3.43. The molecule has 0 saturated heterocycles. The maximum Gasteiger partial charge on any atom is 0.258 e. The Morgan fingerprint density at radius 3 is 3.06 bits per heavy atom. The standard InChI is InChI=1S/C12H19N3O2S/c1-4-12(2,17-3)10(16)15-11-14-8-5-6-13-7-9(8)18-11/h13H,4-7H2,1-3H3,(H,14,15,16). The molecule has 2 rings (SSSR count). The Morgan fingerprint density at radius 1 is 1.67 bits per heavy atom. The van der Waals surface area contributed by atoms with E-state index in [0.717, 1.165) is 25.2 Å². The van der Waals surface area contributed by atoms with Crippen LogP contribution in [-0.4, -0.2) is 30.1 Å². The van der Waals surface area contributed by atoms with Crippen molar-refractivity contribution in [1.29, 1.82) is 0 Å². The van der Waals surface area contributed by atoms with E-state index in [4.69, 9.17) is 4.74 Å². The van der Waals surface area contributed by atoms with Crippen LogP contribution in [0, 0.1) is 0 Å². The predicted octanol–water partition coefficient (Wildman–Crippen LogP) is 1.54. The molecule has 1 aromatic rings. The lowest BCUT2D eigenvalue weighted by Crippen LogP contribution is -2.41. The number of ether oxygens (including phenoxy) is 1.